The van der Waals surface area contributed by atoms with Gasteiger partial charge in [0.1, 0.15) is 25.3 Å². The molecule has 0 spiro atoms. The van der Waals surface area contributed by atoms with Crippen molar-refractivity contribution in [2.45, 2.75) is 63.8 Å². The van der Waals surface area contributed by atoms with E-state index in [0.29, 0.717) is 25.9 Å². The van der Waals surface area contributed by atoms with Crippen LogP contribution in [0.25, 0.3) is 0 Å². The van der Waals surface area contributed by atoms with Crippen LogP contribution >= 0.6 is 0 Å². The lowest BCUT2D eigenvalue weighted by Crippen LogP contribution is -2.42. The highest BCUT2D eigenvalue weighted by Gasteiger charge is 2.36. The second-order valence-electron chi connectivity index (χ2n) is 10.9. The van der Waals surface area contributed by atoms with Crippen LogP contribution in [0.15, 0.2) is 84.9 Å². The Labute approximate surface area is 246 Å². The minimum atomic E-state index is -0.584. The van der Waals surface area contributed by atoms with Gasteiger partial charge in [0, 0.05) is 13.1 Å². The van der Waals surface area contributed by atoms with E-state index >= 15 is 0 Å². The molecule has 2 aliphatic heterocycles. The zero-order valence-electron chi connectivity index (χ0n) is 23.7. The van der Waals surface area contributed by atoms with E-state index in [1.807, 2.05) is 84.9 Å². The summed E-state index contributed by atoms with van der Waals surface area (Å²) in [4.78, 5) is 55.2. The molecule has 2 aliphatic rings. The van der Waals surface area contributed by atoms with E-state index < -0.39 is 12.1 Å². The molecule has 2 heterocycles. The molecule has 0 unspecified atom stereocenters. The van der Waals surface area contributed by atoms with E-state index in [-0.39, 0.29) is 49.8 Å². The predicted molar refractivity (Wildman–Crippen MR) is 156 cm³/mol. The molecular formula is C34H36N2O6. The van der Waals surface area contributed by atoms with E-state index in [0.717, 1.165) is 35.1 Å². The standard InChI is InChI=1S/C34H36N2O6/c37-31(35-18-8-16-29(35)33(39)41-23-25-10-3-1-4-11-25)21-27-14-7-15-28(20-27)22-32(38)36-19-9-17-30(36)34(40)42-24-26-12-5-2-6-13-26/h1-7,10-15,20,29-30H,8-9,16-19,21-24H2/t29-,30-/m1/s1. The molecule has 0 aliphatic carbocycles. The fourth-order valence-corrected chi connectivity index (χ4v) is 5.67. The third-order valence-electron chi connectivity index (χ3n) is 7.84. The Kier molecular flexibility index (Phi) is 9.64. The minimum Gasteiger partial charge on any atom is -0.459 e. The van der Waals surface area contributed by atoms with E-state index in [9.17, 15) is 19.2 Å². The molecule has 3 aromatic carbocycles. The average Bonchev–Trinajstić information content (AvgIpc) is 3.71. The quantitative estimate of drug-likeness (QED) is 0.340. The molecule has 0 N–H and O–H groups in total. The molecule has 8 nitrogen and oxygen atoms in total. The van der Waals surface area contributed by atoms with Gasteiger partial charge in [-0.05, 0) is 47.9 Å². The van der Waals surface area contributed by atoms with Gasteiger partial charge in [0.25, 0.3) is 0 Å². The van der Waals surface area contributed by atoms with Crippen LogP contribution in [0.5, 0.6) is 0 Å². The zero-order valence-corrected chi connectivity index (χ0v) is 23.7. The highest BCUT2D eigenvalue weighted by atomic mass is 16.5. The normalized spacial score (nSPS) is 18.1. The summed E-state index contributed by atoms with van der Waals surface area (Å²) in [5, 5.41) is 0. The molecule has 2 fully saturated rings. The van der Waals surface area contributed by atoms with Crippen molar-refractivity contribution in [3.8, 4) is 0 Å². The Morgan fingerprint density at radius 2 is 0.976 bits per heavy atom. The van der Waals surface area contributed by atoms with Crippen LogP contribution in [-0.4, -0.2) is 58.7 Å². The van der Waals surface area contributed by atoms with Crippen molar-refractivity contribution in [3.63, 3.8) is 0 Å². The van der Waals surface area contributed by atoms with Gasteiger partial charge in [-0.3, -0.25) is 9.59 Å². The average molecular weight is 569 g/mol. The van der Waals surface area contributed by atoms with E-state index in [1.165, 1.54) is 0 Å². The Morgan fingerprint density at radius 3 is 1.40 bits per heavy atom. The van der Waals surface area contributed by atoms with Gasteiger partial charge < -0.3 is 19.3 Å². The SMILES string of the molecule is O=C(OCc1ccccc1)[C@H]1CCCN1C(=O)Cc1cccc(CC(=O)N2CCC[C@@H]2C(=O)OCc2ccccc2)c1. The van der Waals surface area contributed by atoms with Crippen LogP contribution in [0.3, 0.4) is 0 Å². The fourth-order valence-electron chi connectivity index (χ4n) is 5.67. The molecule has 42 heavy (non-hydrogen) atoms. The van der Waals surface area contributed by atoms with Crippen molar-refractivity contribution in [2.75, 3.05) is 13.1 Å². The van der Waals surface area contributed by atoms with Gasteiger partial charge in [-0.2, -0.15) is 0 Å². The lowest BCUT2D eigenvalue weighted by Gasteiger charge is -2.24. The monoisotopic (exact) mass is 568 g/mol. The van der Waals surface area contributed by atoms with Crippen LogP contribution in [0.4, 0.5) is 0 Å². The van der Waals surface area contributed by atoms with Gasteiger partial charge in [0.2, 0.25) is 11.8 Å². The number of nitrogens with zero attached hydrogens (tertiary/aromatic N) is 2. The summed E-state index contributed by atoms with van der Waals surface area (Å²) < 4.78 is 11.0. The first-order chi connectivity index (χ1) is 20.5. The van der Waals surface area contributed by atoms with Crippen LogP contribution in [0.1, 0.15) is 47.9 Å². The molecule has 218 valence electrons. The molecule has 5 rings (SSSR count). The van der Waals surface area contributed by atoms with Gasteiger partial charge in [-0.15, -0.1) is 0 Å². The van der Waals surface area contributed by atoms with Gasteiger partial charge >= 0.3 is 11.9 Å². The minimum absolute atomic E-state index is 0.128. The number of likely N-dealkylation sites (tertiary alicyclic amines) is 2. The summed E-state index contributed by atoms with van der Waals surface area (Å²) in [6, 6.07) is 25.2. The topological polar surface area (TPSA) is 93.2 Å². The number of benzene rings is 3. The Hall–Kier alpha value is -4.46. The second-order valence-corrected chi connectivity index (χ2v) is 10.9. The highest BCUT2D eigenvalue weighted by Crippen LogP contribution is 2.23. The first kappa shape index (κ1) is 29.0. The van der Waals surface area contributed by atoms with Crippen LogP contribution in [0.2, 0.25) is 0 Å². The first-order valence-electron chi connectivity index (χ1n) is 14.6. The van der Waals surface area contributed by atoms with Crippen LogP contribution in [-0.2, 0) is 54.7 Å². The summed E-state index contributed by atoms with van der Waals surface area (Å²) in [5.74, 6) is -1.05. The Balaban J connectivity index is 1.14. The fraction of sp³-hybridized carbons (Fsp3) is 0.353. The lowest BCUT2D eigenvalue weighted by atomic mass is 10.0. The van der Waals surface area contributed by atoms with Gasteiger partial charge in [0.05, 0.1) is 12.8 Å². The highest BCUT2D eigenvalue weighted by molar-refractivity contribution is 5.87. The predicted octanol–water partition coefficient (Wildman–Crippen LogP) is 4.24. The molecule has 0 radical (unpaired) electrons. The summed E-state index contributed by atoms with van der Waals surface area (Å²) >= 11 is 0. The molecule has 2 saturated heterocycles. The summed E-state index contributed by atoms with van der Waals surface area (Å²) in [7, 11) is 0. The smallest absolute Gasteiger partial charge is 0.329 e. The maximum absolute atomic E-state index is 13.2. The second kappa shape index (κ2) is 13.9. The summed E-state index contributed by atoms with van der Waals surface area (Å²) in [6.07, 6.45) is 2.91. The molecular weight excluding hydrogens is 532 g/mol. The summed E-state index contributed by atoms with van der Waals surface area (Å²) in [5.41, 5.74) is 3.34. The third kappa shape index (κ3) is 7.43. The number of carbonyl (C=O) groups excluding carboxylic acids is 4. The number of ether oxygens (including phenoxy) is 2. The van der Waals surface area contributed by atoms with Crippen molar-refractivity contribution < 1.29 is 28.7 Å². The third-order valence-corrected chi connectivity index (χ3v) is 7.84. The number of carbonyl (C=O) groups is 4. The van der Waals surface area contributed by atoms with Crippen molar-refractivity contribution >= 4 is 23.8 Å². The largest absolute Gasteiger partial charge is 0.459 e. The van der Waals surface area contributed by atoms with Gasteiger partial charge in [0.15, 0.2) is 0 Å². The molecule has 0 aromatic heterocycles. The maximum Gasteiger partial charge on any atom is 0.329 e. The van der Waals surface area contributed by atoms with Crippen LogP contribution < -0.4 is 0 Å². The van der Waals surface area contributed by atoms with Crippen LogP contribution in [0, 0.1) is 0 Å². The van der Waals surface area contributed by atoms with Gasteiger partial charge in [-0.25, -0.2) is 9.59 Å². The van der Waals surface area contributed by atoms with E-state index in [2.05, 4.69) is 0 Å². The van der Waals surface area contributed by atoms with Crippen molar-refractivity contribution in [1.29, 1.82) is 0 Å². The van der Waals surface area contributed by atoms with E-state index in [4.69, 9.17) is 9.47 Å². The molecule has 8 heteroatoms. The molecule has 2 amide bonds. The molecule has 0 bridgehead atoms. The molecule has 3 aromatic rings. The van der Waals surface area contributed by atoms with E-state index in [1.54, 1.807) is 9.80 Å². The summed E-state index contributed by atoms with van der Waals surface area (Å²) in [6.45, 7) is 1.38. The first-order valence-corrected chi connectivity index (χ1v) is 14.6. The van der Waals surface area contributed by atoms with Gasteiger partial charge in [-0.1, -0.05) is 84.9 Å². The Morgan fingerprint density at radius 1 is 0.571 bits per heavy atom. The van der Waals surface area contributed by atoms with Crippen molar-refractivity contribution in [2.24, 2.45) is 0 Å². The number of amides is 2. The molecule has 0 saturated carbocycles. The number of hydrogen-bond acceptors (Lipinski definition) is 6. The van der Waals surface area contributed by atoms with Crippen molar-refractivity contribution in [3.05, 3.63) is 107 Å². The Bertz CT molecular complexity index is 1290. The van der Waals surface area contributed by atoms with Crippen molar-refractivity contribution in [1.82, 2.24) is 9.80 Å². The number of hydrogen-bond donors (Lipinski definition) is 0. The zero-order chi connectivity index (χ0) is 29.3. The molecule has 2 atom stereocenters. The maximum atomic E-state index is 13.2. The number of esters is 2. The number of rotatable bonds is 10. The lowest BCUT2D eigenvalue weighted by molar-refractivity contribution is -0.154.